The lowest BCUT2D eigenvalue weighted by Crippen LogP contribution is -2.41. The van der Waals surface area contributed by atoms with Gasteiger partial charge in [-0.3, -0.25) is 4.79 Å². The van der Waals surface area contributed by atoms with Crippen molar-refractivity contribution in [1.29, 1.82) is 0 Å². The van der Waals surface area contributed by atoms with Gasteiger partial charge in [-0.15, -0.1) is 0 Å². The third-order valence-electron chi connectivity index (χ3n) is 3.72. The predicted octanol–water partition coefficient (Wildman–Crippen LogP) is 1.93. The zero-order chi connectivity index (χ0) is 16.3. The molecule has 0 saturated carbocycles. The first kappa shape index (κ1) is 19.7. The third kappa shape index (κ3) is 9.28. The molecule has 2 amide bonds. The predicted molar refractivity (Wildman–Crippen MR) is 82.2 cm³/mol. The van der Waals surface area contributed by atoms with Crippen molar-refractivity contribution in [2.24, 2.45) is 11.8 Å². The maximum Gasteiger partial charge on any atom is 0.317 e. The monoisotopic (exact) mass is 302 g/mol. The van der Waals surface area contributed by atoms with E-state index in [1.807, 2.05) is 6.92 Å². The highest BCUT2D eigenvalue weighted by molar-refractivity contribution is 5.74. The lowest BCUT2D eigenvalue weighted by atomic mass is 9.88. The van der Waals surface area contributed by atoms with Crippen LogP contribution in [0.2, 0.25) is 0 Å². The molecule has 0 radical (unpaired) electrons. The van der Waals surface area contributed by atoms with E-state index in [2.05, 4.69) is 19.2 Å². The number of nitrogens with one attached hydrogen (secondary N) is 1. The molecular weight excluding hydrogens is 272 g/mol. The van der Waals surface area contributed by atoms with E-state index >= 15 is 0 Å². The van der Waals surface area contributed by atoms with Crippen molar-refractivity contribution in [2.45, 2.75) is 46.5 Å². The highest BCUT2D eigenvalue weighted by atomic mass is 16.4. The van der Waals surface area contributed by atoms with Crippen LogP contribution in [0.4, 0.5) is 4.79 Å². The molecule has 0 aromatic rings. The van der Waals surface area contributed by atoms with Crippen LogP contribution in [0.5, 0.6) is 0 Å². The summed E-state index contributed by atoms with van der Waals surface area (Å²) in [5.41, 5.74) is 0. The van der Waals surface area contributed by atoms with Gasteiger partial charge in [-0.2, -0.15) is 0 Å². The molecule has 6 nitrogen and oxygen atoms in total. The minimum atomic E-state index is -0.772. The maximum atomic E-state index is 11.9. The van der Waals surface area contributed by atoms with Gasteiger partial charge in [0.2, 0.25) is 0 Å². The second-order valence-electron chi connectivity index (χ2n) is 5.61. The Morgan fingerprint density at radius 1 is 1.24 bits per heavy atom. The standard InChI is InChI=1S/C15H30N2O4/c1-4-17(10-5-11-18)15(21)16-9-8-13(12(2)3)6-7-14(19)20/h12-13,18H,4-11H2,1-3H3,(H,16,21)(H,19,20). The fourth-order valence-corrected chi connectivity index (χ4v) is 2.26. The lowest BCUT2D eigenvalue weighted by molar-refractivity contribution is -0.137. The normalized spacial score (nSPS) is 12.2. The second kappa shape index (κ2) is 11.4. The summed E-state index contributed by atoms with van der Waals surface area (Å²) in [6, 6.07) is -0.119. The Kier molecular flexibility index (Phi) is 10.7. The minimum Gasteiger partial charge on any atom is -0.481 e. The van der Waals surface area contributed by atoms with Crippen molar-refractivity contribution in [3.8, 4) is 0 Å². The molecule has 0 aliphatic carbocycles. The van der Waals surface area contributed by atoms with E-state index in [9.17, 15) is 9.59 Å². The number of urea groups is 1. The fraction of sp³-hybridized carbons (Fsp3) is 0.867. The minimum absolute atomic E-state index is 0.0778. The van der Waals surface area contributed by atoms with E-state index in [0.29, 0.717) is 44.3 Å². The number of aliphatic hydroxyl groups is 1. The smallest absolute Gasteiger partial charge is 0.317 e. The molecule has 0 bridgehead atoms. The van der Waals surface area contributed by atoms with Crippen LogP contribution < -0.4 is 5.32 Å². The van der Waals surface area contributed by atoms with Gasteiger partial charge in [0.15, 0.2) is 0 Å². The Morgan fingerprint density at radius 2 is 1.90 bits per heavy atom. The lowest BCUT2D eigenvalue weighted by Gasteiger charge is -2.23. The molecule has 21 heavy (non-hydrogen) atoms. The van der Waals surface area contributed by atoms with Gasteiger partial charge in [-0.25, -0.2) is 4.79 Å². The van der Waals surface area contributed by atoms with Crippen molar-refractivity contribution in [2.75, 3.05) is 26.2 Å². The number of carbonyl (C=O) groups excluding carboxylic acids is 1. The van der Waals surface area contributed by atoms with E-state index in [1.165, 1.54) is 0 Å². The zero-order valence-corrected chi connectivity index (χ0v) is 13.5. The first-order valence-electron chi connectivity index (χ1n) is 7.77. The highest BCUT2D eigenvalue weighted by Gasteiger charge is 2.16. The van der Waals surface area contributed by atoms with Gasteiger partial charge in [-0.1, -0.05) is 13.8 Å². The molecule has 0 aliphatic heterocycles. The van der Waals surface area contributed by atoms with Crippen LogP contribution in [-0.2, 0) is 4.79 Å². The van der Waals surface area contributed by atoms with E-state index in [4.69, 9.17) is 10.2 Å². The second-order valence-corrected chi connectivity index (χ2v) is 5.61. The molecule has 0 heterocycles. The summed E-state index contributed by atoms with van der Waals surface area (Å²) in [6.07, 6.45) is 2.18. The number of carbonyl (C=O) groups is 2. The van der Waals surface area contributed by atoms with Crippen LogP contribution in [-0.4, -0.2) is 53.4 Å². The molecule has 124 valence electrons. The Morgan fingerprint density at radius 3 is 2.38 bits per heavy atom. The first-order valence-corrected chi connectivity index (χ1v) is 7.77. The van der Waals surface area contributed by atoms with Crippen LogP contribution in [0.3, 0.4) is 0 Å². The topological polar surface area (TPSA) is 89.9 Å². The Balaban J connectivity index is 4.11. The highest BCUT2D eigenvalue weighted by Crippen LogP contribution is 2.20. The summed E-state index contributed by atoms with van der Waals surface area (Å²) in [7, 11) is 0. The van der Waals surface area contributed by atoms with Gasteiger partial charge < -0.3 is 20.4 Å². The number of hydrogen-bond donors (Lipinski definition) is 3. The number of amides is 2. The SMILES string of the molecule is CCN(CCCO)C(=O)NCCC(CCC(=O)O)C(C)C. The van der Waals surface area contributed by atoms with Crippen LogP contribution in [0.25, 0.3) is 0 Å². The zero-order valence-electron chi connectivity index (χ0n) is 13.5. The van der Waals surface area contributed by atoms with E-state index < -0.39 is 5.97 Å². The van der Waals surface area contributed by atoms with Crippen molar-refractivity contribution in [1.82, 2.24) is 10.2 Å². The van der Waals surface area contributed by atoms with Crippen LogP contribution >= 0.6 is 0 Å². The number of hydrogen-bond acceptors (Lipinski definition) is 3. The summed E-state index contributed by atoms with van der Waals surface area (Å²) in [5.74, 6) is -0.0716. The summed E-state index contributed by atoms with van der Waals surface area (Å²) < 4.78 is 0. The van der Waals surface area contributed by atoms with Crippen LogP contribution in [0.15, 0.2) is 0 Å². The number of rotatable bonds is 11. The van der Waals surface area contributed by atoms with Gasteiger partial charge in [-0.05, 0) is 38.0 Å². The summed E-state index contributed by atoms with van der Waals surface area (Å²) in [4.78, 5) is 24.2. The Labute approximate surface area is 127 Å². The van der Waals surface area contributed by atoms with Crippen molar-refractivity contribution < 1.29 is 19.8 Å². The third-order valence-corrected chi connectivity index (χ3v) is 3.72. The Hall–Kier alpha value is -1.30. The number of carboxylic acids is 1. The molecule has 0 aromatic carbocycles. The number of aliphatic hydroxyl groups excluding tert-OH is 1. The number of carboxylic acid groups (broad SMARTS) is 1. The molecular formula is C15H30N2O4. The first-order chi connectivity index (χ1) is 9.92. The van der Waals surface area contributed by atoms with Crippen LogP contribution in [0.1, 0.15) is 46.5 Å². The average molecular weight is 302 g/mol. The largest absolute Gasteiger partial charge is 0.481 e. The molecule has 0 spiro atoms. The van der Waals surface area contributed by atoms with E-state index in [1.54, 1.807) is 4.90 Å². The van der Waals surface area contributed by atoms with Crippen molar-refractivity contribution >= 4 is 12.0 Å². The quantitative estimate of drug-likeness (QED) is 0.544. The van der Waals surface area contributed by atoms with Gasteiger partial charge in [0.05, 0.1) is 0 Å². The van der Waals surface area contributed by atoms with E-state index in [0.717, 1.165) is 6.42 Å². The molecule has 1 atom stereocenters. The molecule has 6 heteroatoms. The van der Waals surface area contributed by atoms with Gasteiger partial charge in [0, 0.05) is 32.7 Å². The molecule has 0 aromatic heterocycles. The summed E-state index contributed by atoms with van der Waals surface area (Å²) in [6.45, 7) is 7.85. The van der Waals surface area contributed by atoms with Gasteiger partial charge in [0.25, 0.3) is 0 Å². The molecule has 0 rings (SSSR count). The maximum absolute atomic E-state index is 11.9. The Bertz CT molecular complexity index is 308. The molecule has 0 saturated heterocycles. The molecule has 1 unspecified atom stereocenters. The van der Waals surface area contributed by atoms with Crippen molar-refractivity contribution in [3.63, 3.8) is 0 Å². The number of nitrogens with zero attached hydrogens (tertiary/aromatic N) is 1. The average Bonchev–Trinajstić information content (AvgIpc) is 2.42. The van der Waals surface area contributed by atoms with Crippen LogP contribution in [0, 0.1) is 11.8 Å². The molecule has 0 fully saturated rings. The fourth-order valence-electron chi connectivity index (χ4n) is 2.26. The summed E-state index contributed by atoms with van der Waals surface area (Å²) >= 11 is 0. The van der Waals surface area contributed by atoms with Crippen molar-refractivity contribution in [3.05, 3.63) is 0 Å². The number of aliphatic carboxylic acids is 1. The summed E-state index contributed by atoms with van der Waals surface area (Å²) in [5, 5.41) is 20.4. The van der Waals surface area contributed by atoms with Gasteiger partial charge in [0.1, 0.15) is 0 Å². The van der Waals surface area contributed by atoms with Gasteiger partial charge >= 0.3 is 12.0 Å². The van der Waals surface area contributed by atoms with E-state index in [-0.39, 0.29) is 19.1 Å². The molecule has 0 aliphatic rings. The molecule has 3 N–H and O–H groups in total.